The Hall–Kier alpha value is -4.00. The Morgan fingerprint density at radius 3 is 2.28 bits per heavy atom. The van der Waals surface area contributed by atoms with Gasteiger partial charge in [0, 0.05) is 32.5 Å². The highest BCUT2D eigenvalue weighted by atomic mass is 16.5. The van der Waals surface area contributed by atoms with E-state index < -0.39 is 11.6 Å². The summed E-state index contributed by atoms with van der Waals surface area (Å²) in [4.78, 5) is 29.0. The number of benzene rings is 3. The van der Waals surface area contributed by atoms with E-state index in [9.17, 15) is 14.7 Å². The molecule has 3 aromatic rings. The molecule has 2 amide bonds. The molecule has 1 heterocycles. The van der Waals surface area contributed by atoms with E-state index in [4.69, 9.17) is 9.47 Å². The first-order chi connectivity index (χ1) is 18.8. The van der Waals surface area contributed by atoms with Crippen molar-refractivity contribution in [3.8, 4) is 11.5 Å². The summed E-state index contributed by atoms with van der Waals surface area (Å²) >= 11 is 0. The van der Waals surface area contributed by atoms with Gasteiger partial charge in [-0.25, -0.2) is 9.59 Å². The van der Waals surface area contributed by atoms with Gasteiger partial charge in [0.2, 0.25) is 5.60 Å². The molecule has 1 aliphatic rings. The van der Waals surface area contributed by atoms with Crippen LogP contribution in [0, 0.1) is 6.92 Å². The van der Waals surface area contributed by atoms with E-state index in [0.717, 1.165) is 30.5 Å². The van der Waals surface area contributed by atoms with Crippen LogP contribution in [-0.2, 0) is 17.8 Å². The predicted octanol–water partition coefficient (Wildman–Crippen LogP) is 5.95. The minimum Gasteiger partial charge on any atom is -0.494 e. The second-order valence-corrected chi connectivity index (χ2v) is 10.4. The first-order valence-electron chi connectivity index (χ1n) is 13.6. The Kier molecular flexibility index (Phi) is 9.12. The number of carboxylic acids is 1. The van der Waals surface area contributed by atoms with Gasteiger partial charge in [-0.3, -0.25) is 0 Å². The van der Waals surface area contributed by atoms with E-state index >= 15 is 0 Å². The molecule has 7 heteroatoms. The Morgan fingerprint density at radius 2 is 1.64 bits per heavy atom. The number of carbonyl (C=O) groups is 2. The molecule has 1 saturated heterocycles. The molecule has 206 valence electrons. The number of rotatable bonds is 13. The van der Waals surface area contributed by atoms with Gasteiger partial charge in [0.05, 0.1) is 12.6 Å². The van der Waals surface area contributed by atoms with Gasteiger partial charge in [0.15, 0.2) is 0 Å². The summed E-state index contributed by atoms with van der Waals surface area (Å²) in [7, 11) is 0. The van der Waals surface area contributed by atoms with Crippen LogP contribution in [0.15, 0.2) is 78.9 Å². The number of aryl methyl sites for hydroxylation is 1. The van der Waals surface area contributed by atoms with Gasteiger partial charge >= 0.3 is 12.0 Å². The number of amides is 2. The number of aliphatic carboxylic acids is 1. The molecule has 1 aliphatic heterocycles. The molecule has 2 unspecified atom stereocenters. The molecular formula is C32H38N2O5. The first-order valence-corrected chi connectivity index (χ1v) is 13.6. The fourth-order valence-corrected chi connectivity index (χ4v) is 4.90. The Morgan fingerprint density at radius 1 is 0.974 bits per heavy atom. The topological polar surface area (TPSA) is 79.3 Å². The molecule has 39 heavy (non-hydrogen) atoms. The Balaban J connectivity index is 1.31. The summed E-state index contributed by atoms with van der Waals surface area (Å²) in [5, 5.41) is 9.84. The van der Waals surface area contributed by atoms with Crippen LogP contribution in [0.5, 0.6) is 11.5 Å². The Labute approximate surface area is 231 Å². The van der Waals surface area contributed by atoms with Crippen molar-refractivity contribution in [2.24, 2.45) is 0 Å². The van der Waals surface area contributed by atoms with Crippen LogP contribution in [0.25, 0.3) is 0 Å². The van der Waals surface area contributed by atoms with Crippen LogP contribution in [0.4, 0.5) is 4.79 Å². The second kappa shape index (κ2) is 12.7. The summed E-state index contributed by atoms with van der Waals surface area (Å²) in [6.07, 6.45) is 1.88. The molecule has 0 spiro atoms. The van der Waals surface area contributed by atoms with Crippen LogP contribution in [0.2, 0.25) is 0 Å². The smallest absolute Gasteiger partial charge is 0.348 e. The SMILES string of the molecule is CCCN1C(=O)N(Cc2ccc(C)cc2)CC1CCOc1ccc(OC(C)(Cc2ccccc2)C(=O)O)cc1. The molecule has 0 bridgehead atoms. The predicted molar refractivity (Wildman–Crippen MR) is 151 cm³/mol. The van der Waals surface area contributed by atoms with Crippen molar-refractivity contribution in [2.75, 3.05) is 19.7 Å². The van der Waals surface area contributed by atoms with Crippen LogP contribution in [0.1, 0.15) is 43.4 Å². The van der Waals surface area contributed by atoms with Gasteiger partial charge in [-0.1, -0.05) is 67.1 Å². The number of nitrogens with zero attached hydrogens (tertiary/aromatic N) is 2. The minimum atomic E-state index is -1.40. The molecule has 0 saturated carbocycles. The van der Waals surface area contributed by atoms with E-state index in [-0.39, 0.29) is 18.5 Å². The fraction of sp³-hybridized carbons (Fsp3) is 0.375. The number of hydrogen-bond donors (Lipinski definition) is 1. The summed E-state index contributed by atoms with van der Waals surface area (Å²) in [6.45, 7) is 8.21. The number of hydrogen-bond acceptors (Lipinski definition) is 4. The molecule has 2 atom stereocenters. The molecule has 0 aliphatic carbocycles. The standard InChI is InChI=1S/C32H38N2O5/c1-4-19-34-27(23-33(31(34)37)22-26-12-10-24(2)11-13-26)18-20-38-28-14-16-29(17-15-28)39-32(3,30(35)36)21-25-8-6-5-7-9-25/h5-17,27H,4,18-23H2,1-3H3,(H,35,36). The van der Waals surface area contributed by atoms with Crippen LogP contribution in [0.3, 0.4) is 0 Å². The van der Waals surface area contributed by atoms with Crippen molar-refractivity contribution in [3.05, 3.63) is 95.6 Å². The zero-order valence-corrected chi connectivity index (χ0v) is 23.0. The monoisotopic (exact) mass is 530 g/mol. The molecule has 3 aromatic carbocycles. The van der Waals surface area contributed by atoms with Gasteiger partial charge in [0.25, 0.3) is 0 Å². The summed E-state index contributed by atoms with van der Waals surface area (Å²) in [6, 6.07) is 25.0. The number of carbonyl (C=O) groups excluding carboxylic acids is 1. The van der Waals surface area contributed by atoms with Crippen molar-refractivity contribution in [1.29, 1.82) is 0 Å². The highest BCUT2D eigenvalue weighted by Crippen LogP contribution is 2.26. The average molecular weight is 531 g/mol. The number of carboxylic acid groups (broad SMARTS) is 1. The van der Waals surface area contributed by atoms with E-state index in [0.29, 0.717) is 31.2 Å². The second-order valence-electron chi connectivity index (χ2n) is 10.4. The highest BCUT2D eigenvalue weighted by molar-refractivity contribution is 5.78. The third-order valence-corrected chi connectivity index (χ3v) is 7.07. The van der Waals surface area contributed by atoms with Crippen molar-refractivity contribution < 1.29 is 24.2 Å². The van der Waals surface area contributed by atoms with E-state index in [1.54, 1.807) is 31.2 Å². The maximum Gasteiger partial charge on any atom is 0.348 e. The first kappa shape index (κ1) is 28.0. The quantitative estimate of drug-likeness (QED) is 0.296. The van der Waals surface area contributed by atoms with Gasteiger partial charge in [-0.05, 0) is 55.7 Å². The lowest BCUT2D eigenvalue weighted by Gasteiger charge is -2.26. The van der Waals surface area contributed by atoms with E-state index in [1.807, 2.05) is 40.1 Å². The maximum absolute atomic E-state index is 13.1. The van der Waals surface area contributed by atoms with Gasteiger partial charge < -0.3 is 24.4 Å². The lowest BCUT2D eigenvalue weighted by atomic mass is 9.96. The number of urea groups is 1. The molecule has 4 rings (SSSR count). The zero-order valence-electron chi connectivity index (χ0n) is 23.0. The van der Waals surface area contributed by atoms with Crippen molar-refractivity contribution in [3.63, 3.8) is 0 Å². The maximum atomic E-state index is 13.1. The Bertz CT molecular complexity index is 1230. The highest BCUT2D eigenvalue weighted by Gasteiger charge is 2.37. The van der Waals surface area contributed by atoms with Gasteiger partial charge in [-0.15, -0.1) is 0 Å². The molecule has 1 fully saturated rings. The molecule has 0 aromatic heterocycles. The largest absolute Gasteiger partial charge is 0.494 e. The van der Waals surface area contributed by atoms with Gasteiger partial charge in [0.1, 0.15) is 11.5 Å². The lowest BCUT2D eigenvalue weighted by molar-refractivity contribution is -0.153. The van der Waals surface area contributed by atoms with E-state index in [2.05, 4.69) is 38.1 Å². The molecular weight excluding hydrogens is 492 g/mol. The van der Waals surface area contributed by atoms with E-state index in [1.165, 1.54) is 5.56 Å². The van der Waals surface area contributed by atoms with Crippen molar-refractivity contribution in [1.82, 2.24) is 9.80 Å². The molecule has 1 N–H and O–H groups in total. The average Bonchev–Trinajstić information content (AvgIpc) is 3.21. The third-order valence-electron chi connectivity index (χ3n) is 7.07. The van der Waals surface area contributed by atoms with Crippen LogP contribution in [-0.4, -0.2) is 58.2 Å². The fourth-order valence-electron chi connectivity index (χ4n) is 4.90. The minimum absolute atomic E-state index is 0.0842. The lowest BCUT2D eigenvalue weighted by Crippen LogP contribution is -2.43. The number of ether oxygens (including phenoxy) is 2. The molecule has 7 nitrogen and oxygen atoms in total. The van der Waals surface area contributed by atoms with Crippen molar-refractivity contribution in [2.45, 2.75) is 58.2 Å². The summed E-state index contributed by atoms with van der Waals surface area (Å²) < 4.78 is 11.9. The summed E-state index contributed by atoms with van der Waals surface area (Å²) in [5.41, 5.74) is 1.83. The molecule has 0 radical (unpaired) electrons. The third kappa shape index (κ3) is 7.31. The van der Waals surface area contributed by atoms with Gasteiger partial charge in [-0.2, -0.15) is 0 Å². The summed E-state index contributed by atoms with van der Waals surface area (Å²) in [5.74, 6) is 0.113. The normalized spacial score (nSPS) is 16.7. The zero-order chi connectivity index (χ0) is 27.8. The van der Waals surface area contributed by atoms with Crippen molar-refractivity contribution >= 4 is 12.0 Å². The van der Waals surface area contributed by atoms with Crippen LogP contribution < -0.4 is 9.47 Å². The van der Waals surface area contributed by atoms with Crippen LogP contribution >= 0.6 is 0 Å².